The Morgan fingerprint density at radius 2 is 2.10 bits per heavy atom. The predicted molar refractivity (Wildman–Crippen MR) is 79.1 cm³/mol. The monoisotopic (exact) mass is 377 g/mol. The minimum atomic E-state index is -3.79. The Bertz CT molecular complexity index is 617. The molecule has 0 saturated carbocycles. The summed E-state index contributed by atoms with van der Waals surface area (Å²) in [5.41, 5.74) is 0. The first-order valence-corrected chi connectivity index (χ1v) is 8.67. The minimum absolute atomic E-state index is 0.0125. The summed E-state index contributed by atoms with van der Waals surface area (Å²) in [5.74, 6) is -0.259. The molecule has 1 fully saturated rings. The first kappa shape index (κ1) is 16.3. The van der Waals surface area contributed by atoms with E-state index in [-0.39, 0.29) is 10.8 Å². The first-order chi connectivity index (χ1) is 9.90. The van der Waals surface area contributed by atoms with Gasteiger partial charge in [-0.05, 0) is 28.9 Å². The van der Waals surface area contributed by atoms with Crippen molar-refractivity contribution in [3.63, 3.8) is 0 Å². The third kappa shape index (κ3) is 4.22. The lowest BCUT2D eigenvalue weighted by Crippen LogP contribution is -2.50. The average Bonchev–Trinajstić information content (AvgIpc) is 2.47. The number of sulfonamides is 1. The molecule has 1 aromatic rings. The molecule has 1 N–H and O–H groups in total. The first-order valence-electron chi connectivity index (χ1n) is 6.39. The van der Waals surface area contributed by atoms with Crippen molar-refractivity contribution in [1.29, 1.82) is 0 Å². The zero-order chi connectivity index (χ0) is 15.5. The maximum Gasteiger partial charge on any atom is 0.242 e. The normalized spacial score (nSPS) is 17.5. The van der Waals surface area contributed by atoms with Gasteiger partial charge in [-0.1, -0.05) is 0 Å². The molecule has 1 aliphatic heterocycles. The van der Waals surface area contributed by atoms with E-state index < -0.39 is 16.1 Å². The summed E-state index contributed by atoms with van der Waals surface area (Å²) in [6.07, 6.45) is 2.72. The zero-order valence-electron chi connectivity index (χ0n) is 11.5. The van der Waals surface area contributed by atoms with Crippen LogP contribution < -0.4 is 4.72 Å². The molecule has 1 unspecified atom stereocenters. The molecule has 9 heteroatoms. The van der Waals surface area contributed by atoms with Crippen LogP contribution in [0.25, 0.3) is 0 Å². The molecular formula is C12H16BrN3O4S. The number of morpholine rings is 1. The van der Waals surface area contributed by atoms with E-state index in [4.69, 9.17) is 4.74 Å². The fraction of sp³-hybridized carbons (Fsp3) is 0.500. The summed E-state index contributed by atoms with van der Waals surface area (Å²) in [7, 11) is -3.79. The Balaban J connectivity index is 2.07. The number of hydrogen-bond donors (Lipinski definition) is 1. The van der Waals surface area contributed by atoms with Crippen molar-refractivity contribution < 1.29 is 17.9 Å². The van der Waals surface area contributed by atoms with Crippen molar-refractivity contribution in [2.45, 2.75) is 17.9 Å². The predicted octanol–water partition coefficient (Wildman–Crippen LogP) is 0.370. The van der Waals surface area contributed by atoms with Gasteiger partial charge >= 0.3 is 0 Å². The average molecular weight is 378 g/mol. The lowest BCUT2D eigenvalue weighted by atomic mass is 10.3. The minimum Gasteiger partial charge on any atom is -0.378 e. The van der Waals surface area contributed by atoms with Crippen molar-refractivity contribution in [2.75, 3.05) is 26.3 Å². The second kappa shape index (κ2) is 6.82. The Kier molecular flexibility index (Phi) is 5.31. The number of hydrogen-bond acceptors (Lipinski definition) is 5. The van der Waals surface area contributed by atoms with Crippen molar-refractivity contribution in [3.05, 3.63) is 22.9 Å². The highest BCUT2D eigenvalue weighted by molar-refractivity contribution is 9.10. The Morgan fingerprint density at radius 3 is 2.71 bits per heavy atom. The van der Waals surface area contributed by atoms with Crippen LogP contribution in [0.5, 0.6) is 0 Å². The van der Waals surface area contributed by atoms with E-state index in [2.05, 4.69) is 25.6 Å². The lowest BCUT2D eigenvalue weighted by molar-refractivity contribution is -0.136. The third-order valence-electron chi connectivity index (χ3n) is 3.02. The van der Waals surface area contributed by atoms with E-state index >= 15 is 0 Å². The molecular weight excluding hydrogens is 362 g/mol. The van der Waals surface area contributed by atoms with Gasteiger partial charge in [0.15, 0.2) is 0 Å². The molecule has 0 aromatic carbocycles. The standard InChI is InChI=1S/C12H16BrN3O4S/c1-9(12(17)16-2-4-20-5-3-16)15-21(18,19)11-6-10(13)7-14-8-11/h6-9,15H,2-5H2,1H3. The third-order valence-corrected chi connectivity index (χ3v) is 4.96. The van der Waals surface area contributed by atoms with Crippen LogP contribution in [0, 0.1) is 0 Å². The van der Waals surface area contributed by atoms with E-state index in [1.165, 1.54) is 25.4 Å². The van der Waals surface area contributed by atoms with Crippen LogP contribution in [0.1, 0.15) is 6.92 Å². The quantitative estimate of drug-likeness (QED) is 0.818. The molecule has 1 amide bonds. The molecule has 0 radical (unpaired) electrons. The molecule has 1 saturated heterocycles. The fourth-order valence-electron chi connectivity index (χ4n) is 1.95. The molecule has 0 bridgehead atoms. The number of ether oxygens (including phenoxy) is 1. The highest BCUT2D eigenvalue weighted by Crippen LogP contribution is 2.14. The largest absolute Gasteiger partial charge is 0.378 e. The topological polar surface area (TPSA) is 88.6 Å². The van der Waals surface area contributed by atoms with Gasteiger partial charge in [-0.3, -0.25) is 9.78 Å². The molecule has 1 aromatic heterocycles. The van der Waals surface area contributed by atoms with Gasteiger partial charge in [-0.2, -0.15) is 4.72 Å². The van der Waals surface area contributed by atoms with Gasteiger partial charge in [0.25, 0.3) is 0 Å². The van der Waals surface area contributed by atoms with E-state index in [9.17, 15) is 13.2 Å². The van der Waals surface area contributed by atoms with Gasteiger partial charge < -0.3 is 9.64 Å². The molecule has 7 nitrogen and oxygen atoms in total. The summed E-state index contributed by atoms with van der Waals surface area (Å²) in [5, 5.41) is 0. The summed E-state index contributed by atoms with van der Waals surface area (Å²) in [6.45, 7) is 3.43. The van der Waals surface area contributed by atoms with Gasteiger partial charge in [0.2, 0.25) is 15.9 Å². The van der Waals surface area contributed by atoms with Gasteiger partial charge in [-0.15, -0.1) is 0 Å². The second-order valence-corrected chi connectivity index (χ2v) is 7.25. The van der Waals surface area contributed by atoms with Crippen LogP contribution in [-0.2, 0) is 19.6 Å². The van der Waals surface area contributed by atoms with E-state index in [1.54, 1.807) is 4.90 Å². The molecule has 116 valence electrons. The van der Waals surface area contributed by atoms with Crippen molar-refractivity contribution in [2.24, 2.45) is 0 Å². The molecule has 0 aliphatic carbocycles. The van der Waals surface area contributed by atoms with Crippen LogP contribution in [0.3, 0.4) is 0 Å². The maximum absolute atomic E-state index is 12.2. The molecule has 1 atom stereocenters. The smallest absolute Gasteiger partial charge is 0.242 e. The maximum atomic E-state index is 12.2. The van der Waals surface area contributed by atoms with E-state index in [0.29, 0.717) is 30.8 Å². The van der Waals surface area contributed by atoms with Crippen molar-refractivity contribution in [1.82, 2.24) is 14.6 Å². The summed E-state index contributed by atoms with van der Waals surface area (Å²) in [6, 6.07) is 0.591. The number of halogens is 1. The van der Waals surface area contributed by atoms with Crippen LogP contribution in [0.15, 0.2) is 27.8 Å². The number of carbonyl (C=O) groups excluding carboxylic acids is 1. The van der Waals surface area contributed by atoms with Crippen LogP contribution in [0.4, 0.5) is 0 Å². The number of pyridine rings is 1. The van der Waals surface area contributed by atoms with E-state index in [0.717, 1.165) is 0 Å². The molecule has 1 aliphatic rings. The van der Waals surface area contributed by atoms with E-state index in [1.807, 2.05) is 0 Å². The fourth-order valence-corrected chi connectivity index (χ4v) is 3.65. The number of rotatable bonds is 4. The number of nitrogens with zero attached hydrogens (tertiary/aromatic N) is 2. The SMILES string of the molecule is CC(NS(=O)(=O)c1cncc(Br)c1)C(=O)N1CCOCC1. The van der Waals surface area contributed by atoms with Gasteiger partial charge in [0.05, 0.1) is 19.3 Å². The summed E-state index contributed by atoms with van der Waals surface area (Å²) < 4.78 is 32.5. The number of amides is 1. The van der Waals surface area contributed by atoms with Crippen LogP contribution in [0.2, 0.25) is 0 Å². The van der Waals surface area contributed by atoms with Gasteiger partial charge in [0, 0.05) is 30.0 Å². The van der Waals surface area contributed by atoms with Gasteiger partial charge in [0.1, 0.15) is 4.90 Å². The van der Waals surface area contributed by atoms with Crippen molar-refractivity contribution >= 4 is 31.9 Å². The Hall–Kier alpha value is -1.03. The number of carbonyl (C=O) groups is 1. The molecule has 2 rings (SSSR count). The second-order valence-electron chi connectivity index (χ2n) is 4.62. The molecule has 21 heavy (non-hydrogen) atoms. The summed E-state index contributed by atoms with van der Waals surface area (Å²) in [4.78, 5) is 17.6. The highest BCUT2D eigenvalue weighted by Gasteiger charge is 2.27. The number of nitrogens with one attached hydrogen (secondary N) is 1. The number of aromatic nitrogens is 1. The Labute approximate surface area is 131 Å². The van der Waals surface area contributed by atoms with Gasteiger partial charge in [-0.25, -0.2) is 8.42 Å². The van der Waals surface area contributed by atoms with Crippen LogP contribution in [-0.4, -0.2) is 56.6 Å². The zero-order valence-corrected chi connectivity index (χ0v) is 13.9. The Morgan fingerprint density at radius 1 is 1.43 bits per heavy atom. The lowest BCUT2D eigenvalue weighted by Gasteiger charge is -2.29. The summed E-state index contributed by atoms with van der Waals surface area (Å²) >= 11 is 3.17. The van der Waals surface area contributed by atoms with Crippen LogP contribution >= 0.6 is 15.9 Å². The molecule has 0 spiro atoms. The van der Waals surface area contributed by atoms with Crippen molar-refractivity contribution in [3.8, 4) is 0 Å². The molecule has 2 heterocycles. The highest BCUT2D eigenvalue weighted by atomic mass is 79.9.